The quantitative estimate of drug-likeness (QED) is 0.478. The summed E-state index contributed by atoms with van der Waals surface area (Å²) >= 11 is 5.55. The van der Waals surface area contributed by atoms with Crippen LogP contribution in [0, 0.1) is 13.8 Å². The first kappa shape index (κ1) is 12.8. The van der Waals surface area contributed by atoms with Crippen LogP contribution in [-0.4, -0.2) is 24.1 Å². The van der Waals surface area contributed by atoms with E-state index in [4.69, 9.17) is 11.6 Å². The third-order valence-corrected chi connectivity index (χ3v) is 3.38. The molecule has 2 rings (SSSR count). The minimum Gasteiger partial charge on any atom is -0.301 e. The summed E-state index contributed by atoms with van der Waals surface area (Å²) in [5.74, 6) is -0.486. The number of carbonyl (C=O) groups is 2. The van der Waals surface area contributed by atoms with Gasteiger partial charge in [0.25, 0.3) is 11.7 Å². The van der Waals surface area contributed by atoms with Gasteiger partial charge in [0.1, 0.15) is 0 Å². The van der Waals surface area contributed by atoms with Crippen molar-refractivity contribution in [2.24, 2.45) is 0 Å². The fraction of sp³-hybridized carbons (Fsp3) is 0.286. The number of hydrogen-bond acceptors (Lipinski definition) is 2. The van der Waals surface area contributed by atoms with Crippen LogP contribution in [0.2, 0.25) is 0 Å². The zero-order valence-electron chi connectivity index (χ0n) is 10.4. The van der Waals surface area contributed by atoms with Gasteiger partial charge in [-0.15, -0.1) is 11.6 Å². The van der Waals surface area contributed by atoms with E-state index < -0.39 is 11.7 Å². The molecule has 0 atom stereocenters. The summed E-state index contributed by atoms with van der Waals surface area (Å²) in [5.41, 5.74) is 3.29. The van der Waals surface area contributed by atoms with Gasteiger partial charge in [-0.05, 0) is 31.0 Å². The van der Waals surface area contributed by atoms with Gasteiger partial charge in [0.2, 0.25) is 0 Å². The predicted octanol–water partition coefficient (Wildman–Crippen LogP) is 2.63. The van der Waals surface area contributed by atoms with Crippen molar-refractivity contribution in [2.45, 2.75) is 13.8 Å². The normalized spacial score (nSPS) is 14.7. The van der Waals surface area contributed by atoms with Crippen LogP contribution in [0.25, 0.3) is 0 Å². The van der Waals surface area contributed by atoms with Crippen molar-refractivity contribution in [3.05, 3.63) is 41.0 Å². The molecule has 3 nitrogen and oxygen atoms in total. The zero-order valence-corrected chi connectivity index (χ0v) is 11.1. The van der Waals surface area contributed by atoms with Crippen LogP contribution >= 0.6 is 11.6 Å². The molecule has 0 saturated carbocycles. The van der Waals surface area contributed by atoms with E-state index >= 15 is 0 Å². The number of carbonyl (C=O) groups excluding carboxylic acids is 2. The van der Waals surface area contributed by atoms with Crippen LogP contribution in [0.1, 0.15) is 21.5 Å². The van der Waals surface area contributed by atoms with Gasteiger partial charge < -0.3 is 4.90 Å². The minimum atomic E-state index is -0.460. The fourth-order valence-corrected chi connectivity index (χ4v) is 2.21. The molecule has 18 heavy (non-hydrogen) atoms. The van der Waals surface area contributed by atoms with Crippen molar-refractivity contribution in [3.8, 4) is 0 Å². The summed E-state index contributed by atoms with van der Waals surface area (Å²) in [4.78, 5) is 25.3. The number of benzene rings is 1. The van der Waals surface area contributed by atoms with Crippen LogP contribution in [0.15, 0.2) is 24.3 Å². The second-order valence-corrected chi connectivity index (χ2v) is 4.58. The van der Waals surface area contributed by atoms with E-state index in [0.717, 1.165) is 16.8 Å². The Bertz CT molecular complexity index is 549. The molecule has 0 aromatic heterocycles. The second-order valence-electron chi connectivity index (χ2n) is 4.27. The van der Waals surface area contributed by atoms with Gasteiger partial charge in [0.05, 0.1) is 11.3 Å². The lowest BCUT2D eigenvalue weighted by molar-refractivity contribution is -0.114. The van der Waals surface area contributed by atoms with Gasteiger partial charge in [-0.3, -0.25) is 9.59 Å². The van der Waals surface area contributed by atoms with Crippen LogP contribution in [0.5, 0.6) is 0 Å². The fourth-order valence-electron chi connectivity index (χ4n) is 2.09. The number of rotatable bonds is 3. The molecule has 0 bridgehead atoms. The van der Waals surface area contributed by atoms with Crippen LogP contribution in [-0.2, 0) is 4.79 Å². The first-order valence-electron chi connectivity index (χ1n) is 5.75. The Labute approximate surface area is 111 Å². The molecule has 1 aliphatic rings. The lowest BCUT2D eigenvalue weighted by atomic mass is 10.0. The van der Waals surface area contributed by atoms with E-state index in [1.54, 1.807) is 18.2 Å². The molecule has 0 unspecified atom stereocenters. The van der Waals surface area contributed by atoms with Crippen LogP contribution in [0.4, 0.5) is 5.69 Å². The van der Waals surface area contributed by atoms with E-state index in [1.807, 2.05) is 19.9 Å². The van der Waals surface area contributed by atoms with E-state index in [2.05, 4.69) is 0 Å². The number of Topliss-reactive ketones (excluding diaryl/α,β-unsaturated/α-hetero) is 1. The van der Waals surface area contributed by atoms with Crippen molar-refractivity contribution >= 4 is 29.0 Å². The summed E-state index contributed by atoms with van der Waals surface area (Å²) in [6.45, 7) is 4.28. The first-order valence-corrected chi connectivity index (χ1v) is 6.28. The highest BCUT2D eigenvalue weighted by Gasteiger charge is 2.36. The monoisotopic (exact) mass is 263 g/mol. The van der Waals surface area contributed by atoms with Gasteiger partial charge in [-0.2, -0.15) is 0 Å². The third-order valence-electron chi connectivity index (χ3n) is 3.20. The maximum atomic E-state index is 11.9. The minimum absolute atomic E-state index is 0.384. The van der Waals surface area contributed by atoms with E-state index in [9.17, 15) is 9.59 Å². The van der Waals surface area contributed by atoms with Gasteiger partial charge in [0, 0.05) is 12.4 Å². The average molecular weight is 264 g/mol. The largest absolute Gasteiger partial charge is 0.301 e. The third kappa shape index (κ3) is 1.95. The Morgan fingerprint density at radius 1 is 1.22 bits per heavy atom. The van der Waals surface area contributed by atoms with E-state index in [1.165, 1.54) is 4.90 Å². The molecular weight excluding hydrogens is 250 g/mol. The molecule has 0 saturated heterocycles. The number of anilines is 1. The van der Waals surface area contributed by atoms with Crippen molar-refractivity contribution < 1.29 is 9.59 Å². The smallest absolute Gasteiger partial charge is 0.299 e. The Balaban J connectivity index is 2.46. The van der Waals surface area contributed by atoms with Crippen molar-refractivity contribution in [2.75, 3.05) is 17.3 Å². The maximum absolute atomic E-state index is 11.9. The number of hydrogen-bond donors (Lipinski definition) is 0. The maximum Gasteiger partial charge on any atom is 0.299 e. The Morgan fingerprint density at radius 3 is 2.61 bits per heavy atom. The Kier molecular flexibility index (Phi) is 3.53. The summed E-state index contributed by atoms with van der Waals surface area (Å²) in [6.07, 6.45) is 3.57. The molecule has 1 amide bonds. The van der Waals surface area contributed by atoms with Crippen LogP contribution in [0.3, 0.4) is 0 Å². The molecule has 1 aromatic rings. The molecule has 94 valence electrons. The average Bonchev–Trinajstić information content (AvgIpc) is 2.60. The van der Waals surface area contributed by atoms with Gasteiger partial charge in [-0.1, -0.05) is 18.2 Å². The number of fused-ring (bicyclic) bond motifs is 1. The van der Waals surface area contributed by atoms with Crippen molar-refractivity contribution in [3.63, 3.8) is 0 Å². The van der Waals surface area contributed by atoms with Gasteiger partial charge >= 0.3 is 0 Å². The Morgan fingerprint density at radius 2 is 1.94 bits per heavy atom. The number of halogens is 1. The summed E-state index contributed by atoms with van der Waals surface area (Å²) < 4.78 is 0. The lowest BCUT2D eigenvalue weighted by Gasteiger charge is -2.17. The molecule has 0 radical (unpaired) electrons. The second kappa shape index (κ2) is 4.94. The summed E-state index contributed by atoms with van der Waals surface area (Å²) in [7, 11) is 0. The summed E-state index contributed by atoms with van der Waals surface area (Å²) in [6, 6.07) is 3.60. The van der Waals surface area contributed by atoms with Crippen molar-refractivity contribution in [1.82, 2.24) is 0 Å². The van der Waals surface area contributed by atoms with E-state index in [-0.39, 0.29) is 0 Å². The standard InChI is InChI=1S/C14H14ClNO2/c1-9-5-6-11-12(10(9)2)16(8-4-3-7-15)14(18)13(11)17/h3-6H,7-8H2,1-2H3. The highest BCUT2D eigenvalue weighted by molar-refractivity contribution is 6.52. The molecular formula is C14H14ClNO2. The lowest BCUT2D eigenvalue weighted by Crippen LogP contribution is -2.30. The molecule has 1 heterocycles. The Hall–Kier alpha value is -1.61. The zero-order chi connectivity index (χ0) is 13.3. The van der Waals surface area contributed by atoms with E-state index in [0.29, 0.717) is 18.0 Å². The predicted molar refractivity (Wildman–Crippen MR) is 72.5 cm³/mol. The number of allylic oxidation sites excluding steroid dienone is 1. The SMILES string of the molecule is Cc1ccc2c(c1C)N(CC=CCCl)C(=O)C2=O. The van der Waals surface area contributed by atoms with Crippen LogP contribution < -0.4 is 4.90 Å². The molecule has 0 N–H and O–H groups in total. The van der Waals surface area contributed by atoms with Gasteiger partial charge in [-0.25, -0.2) is 0 Å². The first-order chi connectivity index (χ1) is 8.57. The molecule has 0 aliphatic carbocycles. The number of alkyl halides is 1. The number of aryl methyl sites for hydroxylation is 1. The number of ketones is 1. The van der Waals surface area contributed by atoms with Crippen molar-refractivity contribution in [1.29, 1.82) is 0 Å². The molecule has 4 heteroatoms. The molecule has 0 spiro atoms. The number of nitrogens with zero attached hydrogens (tertiary/aromatic N) is 1. The molecule has 0 fully saturated rings. The number of amides is 1. The highest BCUT2D eigenvalue weighted by Crippen LogP contribution is 2.33. The molecule has 1 aliphatic heterocycles. The topological polar surface area (TPSA) is 37.4 Å². The molecule has 1 aromatic carbocycles. The summed E-state index contributed by atoms with van der Waals surface area (Å²) in [5, 5.41) is 0. The van der Waals surface area contributed by atoms with Gasteiger partial charge in [0.15, 0.2) is 0 Å². The highest BCUT2D eigenvalue weighted by atomic mass is 35.5.